The standard InChI is InChI=1S/C37H43ClN5O5P.ClH/c38-49(46,42-23-18-32(19-24-42)40-21-10-11-22-40)47-28-33-26-41(27-35(48-33)43-25-20-34(44)39-36(43)45)37(29-12-4-1-5-13-29,30-14-6-2-7-15-30)31-16-8-3-9-17-31;/h1-9,12-17,20,25,32-33,35H,10-11,18-19,21-24,26-28H2,(H,39,44,45);1H/t33-,35+,49?;/m0./s1. The van der Waals surface area contributed by atoms with Crippen molar-refractivity contribution in [3.8, 4) is 0 Å². The van der Waals surface area contributed by atoms with Crippen LogP contribution in [0.25, 0.3) is 0 Å². The molecule has 0 radical (unpaired) electrons. The first-order chi connectivity index (χ1) is 23.8. The molecule has 10 nitrogen and oxygen atoms in total. The molecule has 3 aromatic carbocycles. The molecule has 4 aromatic rings. The van der Waals surface area contributed by atoms with E-state index in [9.17, 15) is 14.2 Å². The Bertz CT molecular complexity index is 1750. The molecule has 266 valence electrons. The number of nitrogens with one attached hydrogen (secondary N) is 1. The molecule has 1 N–H and O–H groups in total. The van der Waals surface area contributed by atoms with E-state index in [1.54, 1.807) is 4.67 Å². The molecule has 1 unspecified atom stereocenters. The Morgan fingerprint density at radius 2 is 1.34 bits per heavy atom. The molecule has 7 rings (SSSR count). The van der Waals surface area contributed by atoms with Gasteiger partial charge in [0.25, 0.3) is 5.56 Å². The molecule has 0 amide bonds. The monoisotopic (exact) mass is 739 g/mol. The van der Waals surface area contributed by atoms with Crippen molar-refractivity contribution >= 4 is 30.5 Å². The zero-order chi connectivity index (χ0) is 33.8. The second-order valence-electron chi connectivity index (χ2n) is 13.1. The number of hydrogen-bond acceptors (Lipinski definition) is 7. The summed E-state index contributed by atoms with van der Waals surface area (Å²) >= 11 is 6.73. The van der Waals surface area contributed by atoms with E-state index in [1.165, 1.54) is 29.7 Å². The molecule has 1 aromatic heterocycles. The number of H-pyrrole nitrogens is 1. The SMILES string of the molecule is Cl.O=c1ccn([C@H]2CN(C(c3ccccc3)(c3ccccc3)c3ccccc3)C[C@@H](COP(=O)(Cl)N3CCC(N4CCCC4)CC3)O2)c(=O)[nH]1. The number of benzene rings is 3. The average molecular weight is 741 g/mol. The lowest BCUT2D eigenvalue weighted by molar-refractivity contribution is -0.148. The van der Waals surface area contributed by atoms with Crippen LogP contribution >= 0.6 is 30.5 Å². The number of aromatic nitrogens is 2. The minimum Gasteiger partial charge on any atom is -0.350 e. The number of rotatable bonds is 10. The number of nitrogens with zero attached hydrogens (tertiary/aromatic N) is 4. The second-order valence-corrected chi connectivity index (χ2v) is 16.1. The summed E-state index contributed by atoms with van der Waals surface area (Å²) in [5, 5.41) is 0. The van der Waals surface area contributed by atoms with E-state index in [4.69, 9.17) is 20.5 Å². The first-order valence-electron chi connectivity index (χ1n) is 17.2. The van der Waals surface area contributed by atoms with Crippen molar-refractivity contribution in [2.75, 3.05) is 45.9 Å². The van der Waals surface area contributed by atoms with Crippen molar-refractivity contribution in [1.82, 2.24) is 24.0 Å². The molecule has 4 heterocycles. The van der Waals surface area contributed by atoms with Crippen molar-refractivity contribution in [2.45, 2.75) is 49.6 Å². The number of piperidine rings is 1. The topological polar surface area (TPSA) is 100 Å². The van der Waals surface area contributed by atoms with Gasteiger partial charge in [-0.05, 0) is 66.7 Å². The molecule has 0 bridgehead atoms. The normalized spacial score (nSPS) is 22.5. The van der Waals surface area contributed by atoms with E-state index in [0.717, 1.165) is 42.6 Å². The van der Waals surface area contributed by atoms with E-state index < -0.39 is 36.0 Å². The Balaban J connectivity index is 0.00000432. The molecular weight excluding hydrogens is 696 g/mol. The van der Waals surface area contributed by atoms with Gasteiger partial charge in [0.1, 0.15) is 0 Å². The molecule has 13 heteroatoms. The van der Waals surface area contributed by atoms with Crippen molar-refractivity contribution in [3.63, 3.8) is 0 Å². The molecule has 0 aliphatic carbocycles. The molecular formula is C37H44Cl2N5O5P. The van der Waals surface area contributed by atoms with E-state index >= 15 is 0 Å². The Morgan fingerprint density at radius 3 is 1.86 bits per heavy atom. The third kappa shape index (κ3) is 7.59. The van der Waals surface area contributed by atoms with Crippen molar-refractivity contribution in [2.24, 2.45) is 0 Å². The van der Waals surface area contributed by atoms with Crippen LogP contribution in [0.5, 0.6) is 0 Å². The molecule has 3 saturated heterocycles. The average Bonchev–Trinajstić information content (AvgIpc) is 3.68. The van der Waals surface area contributed by atoms with E-state index in [0.29, 0.717) is 32.2 Å². The maximum absolute atomic E-state index is 13.9. The molecule has 0 spiro atoms. The van der Waals surface area contributed by atoms with Crippen molar-refractivity contribution in [1.29, 1.82) is 0 Å². The molecule has 3 aliphatic rings. The van der Waals surface area contributed by atoms with Crippen molar-refractivity contribution in [3.05, 3.63) is 141 Å². The van der Waals surface area contributed by atoms with Crippen LogP contribution in [0.2, 0.25) is 0 Å². The highest BCUT2D eigenvalue weighted by Crippen LogP contribution is 2.57. The van der Waals surface area contributed by atoms with Gasteiger partial charge >= 0.3 is 12.6 Å². The largest absolute Gasteiger partial charge is 0.363 e. The Hall–Kier alpha value is -3.05. The van der Waals surface area contributed by atoms with Crippen LogP contribution in [0.15, 0.2) is 113 Å². The van der Waals surface area contributed by atoms with Gasteiger partial charge in [0.2, 0.25) is 0 Å². The minimum absolute atomic E-state index is 0. The lowest BCUT2D eigenvalue weighted by Crippen LogP contribution is -2.58. The molecule has 3 aliphatic heterocycles. The lowest BCUT2D eigenvalue weighted by atomic mass is 9.75. The molecule has 3 fully saturated rings. The second kappa shape index (κ2) is 16.1. The van der Waals surface area contributed by atoms with E-state index in [-0.39, 0.29) is 19.0 Å². The summed E-state index contributed by atoms with van der Waals surface area (Å²) in [7, 11) is 0. The number of halogens is 2. The quantitative estimate of drug-likeness (QED) is 0.155. The summed E-state index contributed by atoms with van der Waals surface area (Å²) in [5.74, 6) is 0. The molecule has 3 atom stereocenters. The van der Waals surface area contributed by atoms with E-state index in [1.807, 2.05) is 54.6 Å². The van der Waals surface area contributed by atoms with Crippen LogP contribution in [0, 0.1) is 0 Å². The number of aromatic amines is 1. The Labute approximate surface area is 303 Å². The third-order valence-electron chi connectivity index (χ3n) is 10.2. The summed E-state index contributed by atoms with van der Waals surface area (Å²) in [6.07, 6.45) is 4.32. The van der Waals surface area contributed by atoms with Gasteiger partial charge in [-0.3, -0.25) is 23.8 Å². The highest BCUT2D eigenvalue weighted by molar-refractivity contribution is 7.83. The fourth-order valence-corrected chi connectivity index (χ4v) is 9.74. The van der Waals surface area contributed by atoms with Gasteiger partial charge in [-0.2, -0.15) is 0 Å². The van der Waals surface area contributed by atoms with Gasteiger partial charge in [0, 0.05) is 44.5 Å². The maximum atomic E-state index is 13.9. The number of morpholine rings is 1. The van der Waals surface area contributed by atoms with Crippen LogP contribution in [-0.2, 0) is 19.4 Å². The zero-order valence-electron chi connectivity index (χ0n) is 27.9. The Morgan fingerprint density at radius 1 is 0.800 bits per heavy atom. The van der Waals surface area contributed by atoms with E-state index in [2.05, 4.69) is 51.2 Å². The van der Waals surface area contributed by atoms with Crippen LogP contribution in [-0.4, -0.2) is 82.0 Å². The first-order valence-corrected chi connectivity index (χ1v) is 19.6. The van der Waals surface area contributed by atoms with Crippen LogP contribution < -0.4 is 11.2 Å². The van der Waals surface area contributed by atoms with Gasteiger partial charge in [-0.15, -0.1) is 12.4 Å². The summed E-state index contributed by atoms with van der Waals surface area (Å²) in [5.41, 5.74) is 1.23. The highest BCUT2D eigenvalue weighted by Gasteiger charge is 2.47. The predicted molar refractivity (Wildman–Crippen MR) is 198 cm³/mol. The smallest absolute Gasteiger partial charge is 0.350 e. The molecule has 0 saturated carbocycles. The van der Waals surface area contributed by atoms with Crippen LogP contribution in [0.3, 0.4) is 0 Å². The van der Waals surface area contributed by atoms with Crippen molar-refractivity contribution < 1.29 is 13.8 Å². The first kappa shape index (κ1) is 36.7. The van der Waals surface area contributed by atoms with Crippen LogP contribution in [0.1, 0.15) is 48.6 Å². The summed E-state index contributed by atoms with van der Waals surface area (Å²) in [6.45, 7) is 0.431. The highest BCUT2D eigenvalue weighted by atomic mass is 35.7. The zero-order valence-corrected chi connectivity index (χ0v) is 30.4. The van der Waals surface area contributed by atoms with Gasteiger partial charge in [-0.25, -0.2) is 9.46 Å². The van der Waals surface area contributed by atoms with Gasteiger partial charge < -0.3 is 14.2 Å². The number of likely N-dealkylation sites (tertiary alicyclic amines) is 1. The van der Waals surface area contributed by atoms with Gasteiger partial charge in [0.15, 0.2) is 6.23 Å². The number of hydrogen-bond donors (Lipinski definition) is 1. The fourth-order valence-electron chi connectivity index (χ4n) is 7.90. The summed E-state index contributed by atoms with van der Waals surface area (Å²) in [4.78, 5) is 32.4. The third-order valence-corrected chi connectivity index (χ3v) is 12.7. The Kier molecular flexibility index (Phi) is 11.8. The van der Waals surface area contributed by atoms with Crippen LogP contribution in [0.4, 0.5) is 0 Å². The number of ether oxygens (including phenoxy) is 1. The fraction of sp³-hybridized carbons (Fsp3) is 0.405. The van der Waals surface area contributed by atoms with Gasteiger partial charge in [0.05, 0.1) is 18.2 Å². The maximum Gasteiger partial charge on any atom is 0.363 e. The summed E-state index contributed by atoms with van der Waals surface area (Å²) in [6, 6.07) is 32.6. The van der Waals surface area contributed by atoms with Gasteiger partial charge in [-0.1, -0.05) is 91.0 Å². The minimum atomic E-state index is -3.66. The summed E-state index contributed by atoms with van der Waals surface area (Å²) < 4.78 is 29.8. The predicted octanol–water partition coefficient (Wildman–Crippen LogP) is 6.07. The molecule has 50 heavy (non-hydrogen) atoms. The lowest BCUT2D eigenvalue weighted by Gasteiger charge is -2.50.